The summed E-state index contributed by atoms with van der Waals surface area (Å²) in [4.78, 5) is 6.49. The van der Waals surface area contributed by atoms with Gasteiger partial charge < -0.3 is 10.6 Å². The molecule has 90 valence electrons. The van der Waals surface area contributed by atoms with Crippen molar-refractivity contribution in [1.82, 2.24) is 4.98 Å². The highest BCUT2D eigenvalue weighted by Gasteiger charge is 2.28. The fourth-order valence-corrected chi connectivity index (χ4v) is 3.12. The zero-order valence-electron chi connectivity index (χ0n) is 10.1. The topological polar surface area (TPSA) is 65.9 Å². The molecule has 0 amide bonds. The summed E-state index contributed by atoms with van der Waals surface area (Å²) in [5.74, 6) is 1.81. The van der Waals surface area contributed by atoms with Crippen molar-refractivity contribution >= 4 is 23.3 Å². The van der Waals surface area contributed by atoms with Gasteiger partial charge in [-0.3, -0.25) is 0 Å². The maximum atomic E-state index is 8.96. The van der Waals surface area contributed by atoms with Crippen LogP contribution in [0.1, 0.15) is 19.4 Å². The summed E-state index contributed by atoms with van der Waals surface area (Å²) in [6, 6.07) is 3.75. The van der Waals surface area contributed by atoms with Crippen LogP contribution in [0, 0.1) is 11.3 Å². The Morgan fingerprint density at radius 2 is 2.35 bits per heavy atom. The van der Waals surface area contributed by atoms with E-state index >= 15 is 0 Å². The van der Waals surface area contributed by atoms with Crippen LogP contribution in [0.5, 0.6) is 0 Å². The van der Waals surface area contributed by atoms with Gasteiger partial charge in [0.25, 0.3) is 0 Å². The first-order chi connectivity index (χ1) is 8.03. The minimum atomic E-state index is 0.203. The van der Waals surface area contributed by atoms with Crippen LogP contribution in [0.4, 0.5) is 11.5 Å². The van der Waals surface area contributed by atoms with Gasteiger partial charge in [-0.2, -0.15) is 17.0 Å². The summed E-state index contributed by atoms with van der Waals surface area (Å²) >= 11 is 1.96. The minimum Gasteiger partial charge on any atom is -0.395 e. The van der Waals surface area contributed by atoms with Gasteiger partial charge in [-0.1, -0.05) is 0 Å². The predicted molar refractivity (Wildman–Crippen MR) is 72.1 cm³/mol. The summed E-state index contributed by atoms with van der Waals surface area (Å²) in [5.41, 5.74) is 6.98. The normalized spacial score (nSPS) is 18.8. The van der Waals surface area contributed by atoms with Crippen LogP contribution in [-0.2, 0) is 0 Å². The molecule has 2 N–H and O–H groups in total. The number of aromatic nitrogens is 1. The lowest BCUT2D eigenvalue weighted by Crippen LogP contribution is -2.43. The molecular formula is C12H16N4S. The van der Waals surface area contributed by atoms with Crippen molar-refractivity contribution in [3.8, 4) is 6.07 Å². The van der Waals surface area contributed by atoms with E-state index in [4.69, 9.17) is 11.0 Å². The monoisotopic (exact) mass is 248 g/mol. The highest BCUT2D eigenvalue weighted by Crippen LogP contribution is 2.33. The Balaban J connectivity index is 2.32. The summed E-state index contributed by atoms with van der Waals surface area (Å²) in [5, 5.41) is 8.96. The van der Waals surface area contributed by atoms with Gasteiger partial charge in [-0.25, -0.2) is 4.98 Å². The number of hydrogen-bond acceptors (Lipinski definition) is 5. The van der Waals surface area contributed by atoms with E-state index in [0.717, 1.165) is 24.7 Å². The second-order valence-electron chi connectivity index (χ2n) is 4.74. The highest BCUT2D eigenvalue weighted by molar-refractivity contribution is 8.00. The fraction of sp³-hybridized carbons (Fsp3) is 0.500. The van der Waals surface area contributed by atoms with Gasteiger partial charge in [-0.15, -0.1) is 0 Å². The molecule has 0 unspecified atom stereocenters. The first kappa shape index (κ1) is 12.1. The van der Waals surface area contributed by atoms with Crippen LogP contribution in [0.15, 0.2) is 12.3 Å². The standard InChI is InChI=1S/C12H16N4S/c1-12(2)8-16(5-6-17-12)11-10(14)9(7-13)3-4-15-11/h3-4H,5-6,8,14H2,1-2H3. The van der Waals surface area contributed by atoms with Crippen LogP contribution in [-0.4, -0.2) is 28.6 Å². The van der Waals surface area contributed by atoms with Crippen LogP contribution in [0.3, 0.4) is 0 Å². The van der Waals surface area contributed by atoms with Crippen LogP contribution < -0.4 is 10.6 Å². The molecule has 1 saturated heterocycles. The molecule has 1 aliphatic rings. The summed E-state index contributed by atoms with van der Waals surface area (Å²) < 4.78 is 0.203. The van der Waals surface area contributed by atoms with Gasteiger partial charge in [0, 0.05) is 29.8 Å². The Bertz CT molecular complexity index is 464. The van der Waals surface area contributed by atoms with Crippen molar-refractivity contribution < 1.29 is 0 Å². The Morgan fingerprint density at radius 3 is 3.00 bits per heavy atom. The average Bonchev–Trinajstić information content (AvgIpc) is 2.28. The van der Waals surface area contributed by atoms with Crippen molar-refractivity contribution in [2.75, 3.05) is 29.5 Å². The first-order valence-electron chi connectivity index (χ1n) is 5.57. The van der Waals surface area contributed by atoms with E-state index in [1.54, 1.807) is 12.3 Å². The molecule has 17 heavy (non-hydrogen) atoms. The number of thioether (sulfide) groups is 1. The molecule has 1 aromatic rings. The smallest absolute Gasteiger partial charge is 0.153 e. The summed E-state index contributed by atoms with van der Waals surface area (Å²) in [7, 11) is 0. The van der Waals surface area contributed by atoms with E-state index in [2.05, 4.69) is 29.8 Å². The zero-order chi connectivity index (χ0) is 12.5. The van der Waals surface area contributed by atoms with Gasteiger partial charge in [-0.05, 0) is 19.9 Å². The van der Waals surface area contributed by atoms with E-state index in [1.807, 2.05) is 11.8 Å². The lowest BCUT2D eigenvalue weighted by molar-refractivity contribution is 0.643. The SMILES string of the molecule is CC1(C)CN(c2nccc(C#N)c2N)CCS1. The Hall–Kier alpha value is -1.41. The maximum Gasteiger partial charge on any atom is 0.153 e. The lowest BCUT2D eigenvalue weighted by atomic mass is 10.1. The lowest BCUT2D eigenvalue weighted by Gasteiger charge is -2.38. The van der Waals surface area contributed by atoms with E-state index in [9.17, 15) is 0 Å². The number of nitriles is 1. The highest BCUT2D eigenvalue weighted by atomic mass is 32.2. The molecule has 2 heterocycles. The van der Waals surface area contributed by atoms with Crippen LogP contribution in [0.25, 0.3) is 0 Å². The molecule has 0 aromatic carbocycles. The van der Waals surface area contributed by atoms with Crippen molar-refractivity contribution in [1.29, 1.82) is 5.26 Å². The molecule has 1 fully saturated rings. The number of pyridine rings is 1. The predicted octanol–water partition coefficient (Wildman–Crippen LogP) is 1.87. The van der Waals surface area contributed by atoms with Gasteiger partial charge in [0.2, 0.25) is 0 Å². The van der Waals surface area contributed by atoms with E-state index in [0.29, 0.717) is 11.3 Å². The molecule has 4 nitrogen and oxygen atoms in total. The zero-order valence-corrected chi connectivity index (χ0v) is 10.9. The molecule has 0 bridgehead atoms. The second-order valence-corrected chi connectivity index (χ2v) is 6.54. The minimum absolute atomic E-state index is 0.203. The first-order valence-corrected chi connectivity index (χ1v) is 6.55. The summed E-state index contributed by atoms with van der Waals surface area (Å²) in [6.45, 7) is 6.27. The number of hydrogen-bond donors (Lipinski definition) is 1. The average molecular weight is 248 g/mol. The largest absolute Gasteiger partial charge is 0.395 e. The summed E-state index contributed by atoms with van der Waals surface area (Å²) in [6.07, 6.45) is 1.65. The van der Waals surface area contributed by atoms with Crippen molar-refractivity contribution in [2.45, 2.75) is 18.6 Å². The molecule has 0 aliphatic carbocycles. The van der Waals surface area contributed by atoms with Crippen LogP contribution in [0.2, 0.25) is 0 Å². The third-order valence-electron chi connectivity index (χ3n) is 2.81. The number of rotatable bonds is 1. The Morgan fingerprint density at radius 1 is 1.59 bits per heavy atom. The van der Waals surface area contributed by atoms with Gasteiger partial charge in [0.05, 0.1) is 11.3 Å². The molecule has 0 saturated carbocycles. The molecular weight excluding hydrogens is 232 g/mol. The van der Waals surface area contributed by atoms with E-state index in [1.165, 1.54) is 0 Å². The van der Waals surface area contributed by atoms with Crippen molar-refractivity contribution in [3.05, 3.63) is 17.8 Å². The quantitative estimate of drug-likeness (QED) is 0.821. The van der Waals surface area contributed by atoms with E-state index < -0.39 is 0 Å². The van der Waals surface area contributed by atoms with Gasteiger partial charge in [0.15, 0.2) is 5.82 Å². The molecule has 0 atom stereocenters. The van der Waals surface area contributed by atoms with Gasteiger partial charge >= 0.3 is 0 Å². The number of nitrogens with zero attached hydrogens (tertiary/aromatic N) is 3. The molecule has 1 aliphatic heterocycles. The number of nitrogen functional groups attached to an aromatic ring is 1. The van der Waals surface area contributed by atoms with Crippen LogP contribution >= 0.6 is 11.8 Å². The molecule has 1 aromatic heterocycles. The van der Waals surface area contributed by atoms with E-state index in [-0.39, 0.29) is 4.75 Å². The number of nitrogens with two attached hydrogens (primary N) is 1. The molecule has 5 heteroatoms. The third kappa shape index (κ3) is 2.47. The molecule has 0 spiro atoms. The van der Waals surface area contributed by atoms with Gasteiger partial charge in [0.1, 0.15) is 6.07 Å². The van der Waals surface area contributed by atoms with Crippen molar-refractivity contribution in [2.24, 2.45) is 0 Å². The second kappa shape index (κ2) is 4.46. The third-order valence-corrected chi connectivity index (χ3v) is 4.11. The molecule has 0 radical (unpaired) electrons. The van der Waals surface area contributed by atoms with Crippen molar-refractivity contribution in [3.63, 3.8) is 0 Å². The Kier molecular flexibility index (Phi) is 3.16. The Labute approximate surface area is 106 Å². The number of anilines is 2. The maximum absolute atomic E-state index is 8.96. The molecule has 2 rings (SSSR count). The fourth-order valence-electron chi connectivity index (χ4n) is 2.01.